The smallest absolute Gasteiger partial charge is 0.119 e. The van der Waals surface area contributed by atoms with Gasteiger partial charge in [0.15, 0.2) is 0 Å². The lowest BCUT2D eigenvalue weighted by Crippen LogP contribution is -2.34. The van der Waals surface area contributed by atoms with Crippen LogP contribution in [0.15, 0.2) is 131 Å². The van der Waals surface area contributed by atoms with E-state index in [0.29, 0.717) is 10.5 Å². The van der Waals surface area contributed by atoms with Gasteiger partial charge < -0.3 is 9.47 Å². The van der Waals surface area contributed by atoms with Crippen molar-refractivity contribution in [2.45, 2.75) is 25.7 Å². The van der Waals surface area contributed by atoms with E-state index in [1.54, 1.807) is 0 Å². The third-order valence-electron chi connectivity index (χ3n) is 8.97. The molecule has 0 radical (unpaired) electrons. The minimum Gasteiger partial charge on any atom is -0.492 e. The van der Waals surface area contributed by atoms with Gasteiger partial charge in [0.05, 0.1) is 5.41 Å². The summed E-state index contributed by atoms with van der Waals surface area (Å²) in [4.78, 5) is 2.60. The predicted molar refractivity (Wildman–Crippen MR) is 187 cm³/mol. The summed E-state index contributed by atoms with van der Waals surface area (Å²) < 4.78 is 12.2. The Morgan fingerprint density at radius 1 is 0.523 bits per heavy atom. The lowest BCUT2D eigenvalue weighted by molar-refractivity contribution is 0.330. The third-order valence-corrected chi connectivity index (χ3v) is 12.0. The molecule has 0 N–H and O–H groups in total. The molecule has 3 aliphatic heterocycles. The Morgan fingerprint density at radius 2 is 0.955 bits per heavy atom. The minimum absolute atomic E-state index is 0.475. The summed E-state index contributed by atoms with van der Waals surface area (Å²) in [6.07, 6.45) is 0. The van der Waals surface area contributed by atoms with Crippen molar-refractivity contribution in [2.75, 3.05) is 24.7 Å². The summed E-state index contributed by atoms with van der Waals surface area (Å²) >= 11 is 5.81. The number of hydrogen-bond donors (Lipinski definition) is 0. The van der Waals surface area contributed by atoms with E-state index in [9.17, 15) is 0 Å². The van der Waals surface area contributed by atoms with Crippen LogP contribution in [-0.2, 0) is 5.41 Å². The van der Waals surface area contributed by atoms with Crippen LogP contribution >= 0.6 is 35.3 Å². The molecule has 216 valence electrons. The van der Waals surface area contributed by atoms with Gasteiger partial charge in [-0.15, -0.1) is 0 Å². The highest BCUT2D eigenvalue weighted by molar-refractivity contribution is 8.07. The Hall–Kier alpha value is -3.51. The van der Waals surface area contributed by atoms with Crippen molar-refractivity contribution in [1.82, 2.24) is 0 Å². The number of thioether (sulfide) groups is 2. The number of ether oxygens (including phenoxy) is 2. The maximum absolute atomic E-state index is 6.11. The first-order valence-electron chi connectivity index (χ1n) is 15.2. The molecule has 0 bridgehead atoms. The number of hydrogen-bond acceptors (Lipinski definition) is 5. The van der Waals surface area contributed by atoms with E-state index in [0.717, 1.165) is 24.7 Å². The topological polar surface area (TPSA) is 18.5 Å². The molecule has 0 amide bonds. The lowest BCUT2D eigenvalue weighted by Gasteiger charge is -2.42. The molecule has 2 nitrogen and oxygen atoms in total. The fourth-order valence-corrected chi connectivity index (χ4v) is 8.57. The van der Waals surface area contributed by atoms with E-state index < -0.39 is 5.41 Å². The monoisotopic (exact) mass is 626 g/mol. The molecule has 9 rings (SSSR count). The SMILES string of the molecule is c1ccc2c(c1)Sc1ccccc1C2(c1ccc2cc(OCC3CS3)ccc2c1)c1ccc2cc(OCC3CS3)ccc2c1. The average molecular weight is 627 g/mol. The molecule has 6 aromatic carbocycles. The van der Waals surface area contributed by atoms with Gasteiger partial charge in [0.2, 0.25) is 0 Å². The number of benzene rings is 6. The van der Waals surface area contributed by atoms with E-state index in [2.05, 4.69) is 121 Å². The molecular formula is C39H30O2S3. The van der Waals surface area contributed by atoms with Crippen molar-refractivity contribution in [3.8, 4) is 11.5 Å². The molecule has 0 spiro atoms. The second kappa shape index (κ2) is 10.8. The molecule has 44 heavy (non-hydrogen) atoms. The van der Waals surface area contributed by atoms with Crippen LogP contribution in [0.4, 0.5) is 0 Å². The van der Waals surface area contributed by atoms with Gasteiger partial charge in [-0.1, -0.05) is 84.6 Å². The van der Waals surface area contributed by atoms with Crippen LogP contribution in [0.25, 0.3) is 21.5 Å². The maximum atomic E-state index is 6.11. The Balaban J connectivity index is 1.23. The summed E-state index contributed by atoms with van der Waals surface area (Å²) in [7, 11) is 0. The van der Waals surface area contributed by atoms with E-state index in [1.165, 1.54) is 65.1 Å². The lowest BCUT2D eigenvalue weighted by atomic mass is 9.64. The number of rotatable bonds is 8. The molecule has 5 heteroatoms. The van der Waals surface area contributed by atoms with Crippen LogP contribution in [0.2, 0.25) is 0 Å². The normalized spacial score (nSPS) is 19.3. The highest BCUT2D eigenvalue weighted by atomic mass is 32.2. The van der Waals surface area contributed by atoms with Crippen molar-refractivity contribution in [1.29, 1.82) is 0 Å². The second-order valence-corrected chi connectivity index (χ2v) is 15.6. The summed E-state index contributed by atoms with van der Waals surface area (Å²) in [5.41, 5.74) is 4.72. The van der Waals surface area contributed by atoms with E-state index in [4.69, 9.17) is 9.47 Å². The van der Waals surface area contributed by atoms with Crippen LogP contribution < -0.4 is 9.47 Å². The summed E-state index contributed by atoms with van der Waals surface area (Å²) in [6.45, 7) is 1.58. The van der Waals surface area contributed by atoms with Crippen LogP contribution in [0.1, 0.15) is 22.3 Å². The zero-order valence-corrected chi connectivity index (χ0v) is 26.5. The fraction of sp³-hybridized carbons (Fsp3) is 0.179. The molecule has 0 saturated carbocycles. The first kappa shape index (κ1) is 26.9. The summed E-state index contributed by atoms with van der Waals surface area (Å²) in [5.74, 6) is 4.32. The van der Waals surface area contributed by atoms with E-state index in [1.807, 2.05) is 35.3 Å². The second-order valence-electron chi connectivity index (χ2n) is 11.8. The molecule has 3 heterocycles. The molecular weight excluding hydrogens is 597 g/mol. The Bertz CT molecular complexity index is 1900. The number of fused-ring (bicyclic) bond motifs is 4. The van der Waals surface area contributed by atoms with Crippen LogP contribution in [0.3, 0.4) is 0 Å². The standard InChI is InChI=1S/C39H30O2S3/c1-3-7-37-35(5-1)39(36-6-2-4-8-38(36)44-37,29-13-9-27-19-31(15-11-25(27)17-29)40-21-33-23-42-33)30-14-10-28-20-32(16-12-26(28)18-30)41-22-34-24-43-34/h1-20,33-34H,21-24H2. The van der Waals surface area contributed by atoms with Crippen molar-refractivity contribution in [3.63, 3.8) is 0 Å². The molecule has 2 atom stereocenters. The molecule has 2 fully saturated rings. The van der Waals surface area contributed by atoms with Gasteiger partial charge in [-0.25, -0.2) is 0 Å². The van der Waals surface area contributed by atoms with Gasteiger partial charge in [0.25, 0.3) is 0 Å². The zero-order valence-electron chi connectivity index (χ0n) is 24.1. The zero-order chi connectivity index (χ0) is 29.1. The van der Waals surface area contributed by atoms with Gasteiger partial charge in [0, 0.05) is 31.8 Å². The molecule has 6 aromatic rings. The van der Waals surface area contributed by atoms with Gasteiger partial charge in [0.1, 0.15) is 24.7 Å². The van der Waals surface area contributed by atoms with Crippen molar-refractivity contribution in [2.24, 2.45) is 0 Å². The molecule has 2 saturated heterocycles. The van der Waals surface area contributed by atoms with Gasteiger partial charge in [-0.3, -0.25) is 0 Å². The highest BCUT2D eigenvalue weighted by Gasteiger charge is 2.44. The summed E-state index contributed by atoms with van der Waals surface area (Å²) in [5, 5.41) is 6.15. The van der Waals surface area contributed by atoms with Gasteiger partial charge in [-0.2, -0.15) is 23.5 Å². The highest BCUT2D eigenvalue weighted by Crippen LogP contribution is 2.56. The molecule has 3 aliphatic rings. The average Bonchev–Trinajstić information content (AvgIpc) is 4.01. The van der Waals surface area contributed by atoms with E-state index >= 15 is 0 Å². The van der Waals surface area contributed by atoms with E-state index in [-0.39, 0.29) is 0 Å². The maximum Gasteiger partial charge on any atom is 0.119 e. The predicted octanol–water partition coefficient (Wildman–Crippen LogP) is 9.83. The summed E-state index contributed by atoms with van der Waals surface area (Å²) in [6, 6.07) is 45.0. The molecule has 2 unspecified atom stereocenters. The Labute approximate surface area is 270 Å². The van der Waals surface area contributed by atoms with Crippen molar-refractivity contribution >= 4 is 56.8 Å². The third kappa shape index (κ3) is 4.77. The quantitative estimate of drug-likeness (QED) is 0.156. The molecule has 0 aliphatic carbocycles. The van der Waals surface area contributed by atoms with Crippen LogP contribution in [-0.4, -0.2) is 35.2 Å². The van der Waals surface area contributed by atoms with Crippen molar-refractivity contribution in [3.05, 3.63) is 144 Å². The first-order chi connectivity index (χ1) is 21.7. The van der Waals surface area contributed by atoms with Crippen LogP contribution in [0.5, 0.6) is 11.5 Å². The largest absolute Gasteiger partial charge is 0.492 e. The first-order valence-corrected chi connectivity index (χ1v) is 18.1. The van der Waals surface area contributed by atoms with Gasteiger partial charge in [-0.05, 0) is 92.3 Å². The van der Waals surface area contributed by atoms with Crippen LogP contribution in [0, 0.1) is 0 Å². The van der Waals surface area contributed by atoms with Crippen molar-refractivity contribution < 1.29 is 9.47 Å². The Kier molecular flexibility index (Phi) is 6.61. The van der Waals surface area contributed by atoms with Gasteiger partial charge >= 0.3 is 0 Å². The fourth-order valence-electron chi connectivity index (χ4n) is 6.58. The molecule has 0 aromatic heterocycles. The minimum atomic E-state index is -0.475. The Morgan fingerprint density at radius 3 is 1.43 bits per heavy atom.